The third-order valence-electron chi connectivity index (χ3n) is 10.8. The van der Waals surface area contributed by atoms with Crippen molar-refractivity contribution in [2.24, 2.45) is 17.6 Å². The minimum Gasteiger partial charge on any atom is -0.507 e. The van der Waals surface area contributed by atoms with Crippen LogP contribution in [0.15, 0.2) is 115 Å². The first-order chi connectivity index (χ1) is 29.2. The molecular formula is C46H44F2N8O4. The first kappa shape index (κ1) is 39.9. The highest BCUT2D eigenvalue weighted by Crippen LogP contribution is 2.35. The molecule has 0 aliphatic carbocycles. The molecule has 0 bridgehead atoms. The Labute approximate surface area is 345 Å². The standard InChI is InChI=1S/C27H25FN4O3.C19H19FN4O/c28-20-10-11-23-22(14-20)26(31-25(30-23)21-8-4-5-9-24(21)33)32-13-12-19(16-32)15-29-27(34)35-17-18-6-2-1-3-7-18;20-13-5-6-16-15(9-13)19(24-8-7-12(10-21)11-24)23-18(22-16)14-3-1-2-4-17(14)25/h1-11,14,19,33H,12-13,15-17H2,(H,29,34);1-6,9,12,25H,7-8,10-11,21H2/t19-;12-/m00/s1. The Kier molecular flexibility index (Phi) is 11.9. The van der Waals surface area contributed by atoms with Crippen molar-refractivity contribution in [1.82, 2.24) is 25.3 Å². The maximum atomic E-state index is 14.1. The Balaban J connectivity index is 0.000000176. The summed E-state index contributed by atoms with van der Waals surface area (Å²) in [4.78, 5) is 34.8. The number of aromatic nitrogens is 4. The van der Waals surface area contributed by atoms with Gasteiger partial charge < -0.3 is 35.8 Å². The van der Waals surface area contributed by atoms with Crippen LogP contribution in [0.5, 0.6) is 11.5 Å². The lowest BCUT2D eigenvalue weighted by atomic mass is 10.1. The van der Waals surface area contributed by atoms with Crippen LogP contribution in [-0.4, -0.2) is 75.5 Å². The summed E-state index contributed by atoms with van der Waals surface area (Å²) in [5.41, 5.74) is 9.05. The molecule has 306 valence electrons. The molecule has 2 fully saturated rings. The van der Waals surface area contributed by atoms with E-state index < -0.39 is 6.09 Å². The zero-order valence-electron chi connectivity index (χ0n) is 32.7. The molecule has 0 spiro atoms. The highest BCUT2D eigenvalue weighted by atomic mass is 19.1. The number of fused-ring (bicyclic) bond motifs is 2. The molecule has 9 rings (SSSR count). The quantitative estimate of drug-likeness (QED) is 0.112. The lowest BCUT2D eigenvalue weighted by molar-refractivity contribution is 0.138. The molecule has 2 aliphatic heterocycles. The van der Waals surface area contributed by atoms with E-state index >= 15 is 0 Å². The summed E-state index contributed by atoms with van der Waals surface area (Å²) in [6.07, 6.45) is 1.37. The second-order valence-electron chi connectivity index (χ2n) is 15.0. The zero-order chi connectivity index (χ0) is 41.6. The molecule has 4 heterocycles. The second kappa shape index (κ2) is 17.9. The number of alkyl carbamates (subject to hydrolysis) is 1. The van der Waals surface area contributed by atoms with Crippen molar-refractivity contribution in [3.8, 4) is 34.3 Å². The molecule has 2 aliphatic rings. The number of nitrogens with zero attached hydrogens (tertiary/aromatic N) is 6. The van der Waals surface area contributed by atoms with Crippen molar-refractivity contribution >= 4 is 39.5 Å². The van der Waals surface area contributed by atoms with Crippen LogP contribution < -0.4 is 20.9 Å². The van der Waals surface area contributed by atoms with Crippen molar-refractivity contribution in [1.29, 1.82) is 0 Å². The molecule has 5 N–H and O–H groups in total. The van der Waals surface area contributed by atoms with Crippen molar-refractivity contribution in [3.05, 3.63) is 132 Å². The molecule has 2 atom stereocenters. The van der Waals surface area contributed by atoms with Crippen LogP contribution in [0.1, 0.15) is 18.4 Å². The van der Waals surface area contributed by atoms with Gasteiger partial charge in [-0.15, -0.1) is 0 Å². The highest BCUT2D eigenvalue weighted by molar-refractivity contribution is 5.92. The lowest BCUT2D eigenvalue weighted by Gasteiger charge is -2.20. The minimum absolute atomic E-state index is 0.0809. The van der Waals surface area contributed by atoms with Crippen molar-refractivity contribution in [3.63, 3.8) is 0 Å². The number of phenolic OH excluding ortho intramolecular Hbond substituents is 2. The van der Waals surface area contributed by atoms with Gasteiger partial charge in [0.2, 0.25) is 0 Å². The number of nitrogens with two attached hydrogens (primary N) is 1. The van der Waals surface area contributed by atoms with Crippen LogP contribution in [0, 0.1) is 23.5 Å². The molecule has 12 nitrogen and oxygen atoms in total. The van der Waals surface area contributed by atoms with Gasteiger partial charge in [0.15, 0.2) is 11.6 Å². The van der Waals surface area contributed by atoms with Crippen LogP contribution in [0.3, 0.4) is 0 Å². The Hall–Kier alpha value is -6.93. The minimum atomic E-state index is -0.455. The summed E-state index contributed by atoms with van der Waals surface area (Å²) in [6, 6.07) is 32.3. The van der Waals surface area contributed by atoms with Gasteiger partial charge in [-0.2, -0.15) is 0 Å². The lowest BCUT2D eigenvalue weighted by Crippen LogP contribution is -2.31. The van der Waals surface area contributed by atoms with E-state index in [1.807, 2.05) is 36.4 Å². The van der Waals surface area contributed by atoms with Gasteiger partial charge in [-0.05, 0) is 97.4 Å². The maximum Gasteiger partial charge on any atom is 0.407 e. The summed E-state index contributed by atoms with van der Waals surface area (Å²) in [7, 11) is 0. The molecule has 14 heteroatoms. The number of carbonyl (C=O) groups excluding carboxylic acids is 1. The normalized spacial score (nSPS) is 16.2. The number of hydrogen-bond donors (Lipinski definition) is 4. The average Bonchev–Trinajstić information content (AvgIpc) is 3.96. The SMILES string of the molecule is NC[C@@H]1CCN(c2nc(-c3ccccc3O)nc3ccc(F)cc23)C1.O=C(NC[C@@H]1CCN(c2nc(-c3ccccc3O)nc3ccc(F)cc23)C1)OCc1ccccc1. The van der Waals surface area contributed by atoms with E-state index in [2.05, 4.69) is 30.1 Å². The van der Waals surface area contributed by atoms with E-state index in [9.17, 15) is 23.8 Å². The topological polar surface area (TPSA) is 163 Å². The number of amides is 1. The van der Waals surface area contributed by atoms with E-state index in [4.69, 9.17) is 15.5 Å². The molecule has 0 radical (unpaired) electrons. The van der Waals surface area contributed by atoms with E-state index in [0.717, 1.165) is 31.5 Å². The van der Waals surface area contributed by atoms with Gasteiger partial charge in [-0.3, -0.25) is 0 Å². The summed E-state index contributed by atoms with van der Waals surface area (Å²) < 4.78 is 33.2. The molecule has 5 aromatic carbocycles. The first-order valence-corrected chi connectivity index (χ1v) is 19.9. The number of halogens is 2. The molecule has 2 aromatic heterocycles. The number of hydrogen-bond acceptors (Lipinski definition) is 11. The third kappa shape index (κ3) is 9.03. The number of nitrogens with one attached hydrogen (secondary N) is 1. The number of phenols is 2. The van der Waals surface area contributed by atoms with E-state index in [-0.39, 0.29) is 35.7 Å². The number of rotatable bonds is 9. The number of anilines is 2. The summed E-state index contributed by atoms with van der Waals surface area (Å²) in [5, 5.41) is 24.6. The number of ether oxygens (including phenoxy) is 1. The van der Waals surface area contributed by atoms with Crippen LogP contribution in [-0.2, 0) is 11.3 Å². The van der Waals surface area contributed by atoms with Crippen molar-refractivity contribution < 1.29 is 28.5 Å². The predicted octanol–water partition coefficient (Wildman–Crippen LogP) is 7.82. The van der Waals surface area contributed by atoms with E-state index in [0.29, 0.717) is 88.3 Å². The largest absolute Gasteiger partial charge is 0.507 e. The number of aromatic hydroxyl groups is 2. The predicted molar refractivity (Wildman–Crippen MR) is 228 cm³/mol. The maximum absolute atomic E-state index is 14.1. The Morgan fingerprint density at radius 3 is 1.70 bits per heavy atom. The molecule has 0 unspecified atom stereocenters. The van der Waals surface area contributed by atoms with E-state index in [1.165, 1.54) is 24.3 Å². The monoisotopic (exact) mass is 810 g/mol. The molecule has 7 aromatic rings. The molecule has 1 amide bonds. The summed E-state index contributed by atoms with van der Waals surface area (Å²) >= 11 is 0. The van der Waals surface area contributed by atoms with E-state index in [1.54, 1.807) is 54.6 Å². The molecular weight excluding hydrogens is 767 g/mol. The fourth-order valence-electron chi connectivity index (χ4n) is 7.63. The Morgan fingerprint density at radius 2 is 1.18 bits per heavy atom. The van der Waals surface area contributed by atoms with Gasteiger partial charge >= 0.3 is 6.09 Å². The van der Waals surface area contributed by atoms with Crippen LogP contribution in [0.4, 0.5) is 25.2 Å². The summed E-state index contributed by atoms with van der Waals surface area (Å²) in [6.45, 7) is 4.27. The molecule has 0 saturated carbocycles. The molecule has 2 saturated heterocycles. The van der Waals surface area contributed by atoms with Gasteiger partial charge in [0, 0.05) is 43.5 Å². The first-order valence-electron chi connectivity index (χ1n) is 19.9. The van der Waals surface area contributed by atoms with Crippen molar-refractivity contribution in [2.75, 3.05) is 49.1 Å². The van der Waals surface area contributed by atoms with Gasteiger partial charge in [-0.25, -0.2) is 33.5 Å². The van der Waals surface area contributed by atoms with Gasteiger partial charge in [0.1, 0.15) is 41.4 Å². The highest BCUT2D eigenvalue weighted by Gasteiger charge is 2.28. The van der Waals surface area contributed by atoms with Crippen LogP contribution in [0.25, 0.3) is 44.6 Å². The van der Waals surface area contributed by atoms with Gasteiger partial charge in [-0.1, -0.05) is 54.6 Å². The smallest absolute Gasteiger partial charge is 0.407 e. The number of para-hydroxylation sites is 2. The second-order valence-corrected chi connectivity index (χ2v) is 15.0. The number of carbonyl (C=O) groups is 1. The van der Waals surface area contributed by atoms with Gasteiger partial charge in [0.25, 0.3) is 0 Å². The van der Waals surface area contributed by atoms with Gasteiger partial charge in [0.05, 0.1) is 22.2 Å². The van der Waals surface area contributed by atoms with Crippen LogP contribution >= 0.6 is 0 Å². The molecule has 60 heavy (non-hydrogen) atoms. The fraction of sp³-hybridized carbons (Fsp3) is 0.239. The Bertz CT molecular complexity index is 2630. The summed E-state index contributed by atoms with van der Waals surface area (Å²) in [5.74, 6) is 2.23. The Morgan fingerprint density at radius 1 is 0.683 bits per heavy atom. The average molecular weight is 811 g/mol. The number of benzene rings is 5. The van der Waals surface area contributed by atoms with Crippen molar-refractivity contribution in [2.45, 2.75) is 19.4 Å². The van der Waals surface area contributed by atoms with Crippen LogP contribution in [0.2, 0.25) is 0 Å². The third-order valence-corrected chi connectivity index (χ3v) is 10.8. The zero-order valence-corrected chi connectivity index (χ0v) is 32.7. The fourth-order valence-corrected chi connectivity index (χ4v) is 7.63.